The predicted molar refractivity (Wildman–Crippen MR) is 131 cm³/mol. The third-order valence-corrected chi connectivity index (χ3v) is 5.40. The van der Waals surface area contributed by atoms with E-state index >= 15 is 0 Å². The van der Waals surface area contributed by atoms with E-state index in [1.165, 1.54) is 20.3 Å². The summed E-state index contributed by atoms with van der Waals surface area (Å²) in [5.41, 5.74) is 3.82. The summed E-state index contributed by atoms with van der Waals surface area (Å²) in [5, 5.41) is 0. The van der Waals surface area contributed by atoms with Crippen LogP contribution in [0.2, 0.25) is 0 Å². The van der Waals surface area contributed by atoms with Gasteiger partial charge in [0.05, 0.1) is 20.5 Å². The molecule has 0 spiro atoms. The summed E-state index contributed by atoms with van der Waals surface area (Å²) in [6, 6.07) is 14.8. The Labute approximate surface area is 199 Å². The summed E-state index contributed by atoms with van der Waals surface area (Å²) in [7, 11) is -0.546. The van der Waals surface area contributed by atoms with Crippen LogP contribution in [0.15, 0.2) is 66.2 Å². The number of hydrogen-bond donors (Lipinski definition) is 0. The second-order valence-electron chi connectivity index (χ2n) is 7.80. The lowest BCUT2D eigenvalue weighted by molar-refractivity contribution is 0.341. The second kappa shape index (κ2) is 10.6. The van der Waals surface area contributed by atoms with E-state index in [-0.39, 0.29) is 11.5 Å². The van der Waals surface area contributed by atoms with Crippen molar-refractivity contribution in [1.29, 1.82) is 0 Å². The van der Waals surface area contributed by atoms with Crippen molar-refractivity contribution in [2.45, 2.75) is 13.8 Å². The van der Waals surface area contributed by atoms with Gasteiger partial charge < -0.3 is 18.4 Å². The number of benzene rings is 3. The van der Waals surface area contributed by atoms with Crippen LogP contribution in [-0.2, 0) is 10.1 Å². The Balaban J connectivity index is 1.97. The Hall–Kier alpha value is -3.52. The molecule has 0 saturated carbocycles. The van der Waals surface area contributed by atoms with Gasteiger partial charge in [-0.15, -0.1) is 0 Å². The smallest absolute Gasteiger partial charge is 0.306 e. The van der Waals surface area contributed by atoms with Gasteiger partial charge in [-0.3, -0.25) is 0 Å². The van der Waals surface area contributed by atoms with E-state index < -0.39 is 15.9 Å². The summed E-state index contributed by atoms with van der Waals surface area (Å²) in [6.45, 7) is 4.19. The molecule has 0 atom stereocenters. The van der Waals surface area contributed by atoms with Crippen LogP contribution in [0.5, 0.6) is 23.0 Å². The normalized spacial score (nSPS) is 11.0. The largest absolute Gasteiger partial charge is 0.496 e. The van der Waals surface area contributed by atoms with E-state index in [1.54, 1.807) is 48.5 Å². The zero-order valence-electron chi connectivity index (χ0n) is 19.7. The minimum Gasteiger partial charge on any atom is -0.496 e. The molecule has 0 radical (unpaired) electrons. The number of rotatable bonds is 9. The maximum atomic E-state index is 14.7. The zero-order valence-corrected chi connectivity index (χ0v) is 20.5. The van der Waals surface area contributed by atoms with Crippen molar-refractivity contribution in [2.24, 2.45) is 0 Å². The number of methoxy groups -OCH3 is 2. The van der Waals surface area contributed by atoms with Gasteiger partial charge >= 0.3 is 10.1 Å². The van der Waals surface area contributed by atoms with E-state index in [4.69, 9.17) is 18.4 Å². The van der Waals surface area contributed by atoms with E-state index in [2.05, 4.69) is 0 Å². The van der Waals surface area contributed by atoms with E-state index in [0.29, 0.717) is 29.2 Å². The van der Waals surface area contributed by atoms with Crippen molar-refractivity contribution >= 4 is 10.1 Å². The lowest BCUT2D eigenvalue weighted by atomic mass is 9.97. The highest BCUT2D eigenvalue weighted by atomic mass is 32.2. The molecule has 0 aliphatic rings. The fourth-order valence-corrected chi connectivity index (χ4v) is 3.76. The third kappa shape index (κ3) is 6.29. The second-order valence-corrected chi connectivity index (χ2v) is 9.38. The summed E-state index contributed by atoms with van der Waals surface area (Å²) < 4.78 is 59.0. The van der Waals surface area contributed by atoms with Gasteiger partial charge in [0.2, 0.25) is 0 Å². The molecule has 0 bridgehead atoms. The molecular formula is C26H27FO6S. The van der Waals surface area contributed by atoms with Crippen LogP contribution in [0, 0.1) is 5.82 Å². The topological polar surface area (TPSA) is 71.1 Å². The van der Waals surface area contributed by atoms with Gasteiger partial charge in [0.15, 0.2) is 11.6 Å². The molecule has 0 aliphatic heterocycles. The van der Waals surface area contributed by atoms with Gasteiger partial charge in [-0.1, -0.05) is 23.8 Å². The molecule has 3 rings (SSSR count). The number of allylic oxidation sites excluding steroid dienone is 1. The number of halogens is 1. The molecule has 6 nitrogen and oxygen atoms in total. The molecule has 3 aromatic rings. The van der Waals surface area contributed by atoms with Gasteiger partial charge in [-0.25, -0.2) is 4.39 Å². The summed E-state index contributed by atoms with van der Waals surface area (Å²) in [4.78, 5) is 0. The number of ether oxygens (including phenoxy) is 3. The molecular weight excluding hydrogens is 459 g/mol. The Morgan fingerprint density at radius 3 is 1.91 bits per heavy atom. The Kier molecular flexibility index (Phi) is 7.83. The predicted octanol–water partition coefficient (Wildman–Crippen LogP) is 5.86. The molecule has 180 valence electrons. The highest BCUT2D eigenvalue weighted by molar-refractivity contribution is 7.86. The highest BCUT2D eigenvalue weighted by Gasteiger charge is 2.16. The fraction of sp³-hybridized carbons (Fsp3) is 0.231. The molecule has 34 heavy (non-hydrogen) atoms. The van der Waals surface area contributed by atoms with Crippen molar-refractivity contribution in [3.05, 3.63) is 72.1 Å². The standard InChI is InChI=1S/C26H27FO6S/c1-17(2)12-13-32-24-11-8-19(14-23(24)27)22-16-25(30-3)21(15-26(22)31-4)18-6-9-20(10-7-18)33-34(5,28)29/h6-12,14-16H,13H2,1-5H3. The minimum atomic E-state index is -3.62. The van der Waals surface area contributed by atoms with Crippen molar-refractivity contribution in [3.63, 3.8) is 0 Å². The average molecular weight is 487 g/mol. The minimum absolute atomic E-state index is 0.167. The quantitative estimate of drug-likeness (QED) is 0.279. The molecule has 3 aromatic carbocycles. The summed E-state index contributed by atoms with van der Waals surface area (Å²) in [5.74, 6) is 0.948. The van der Waals surface area contributed by atoms with Crippen molar-refractivity contribution in [2.75, 3.05) is 27.1 Å². The van der Waals surface area contributed by atoms with E-state index in [9.17, 15) is 12.8 Å². The monoisotopic (exact) mass is 486 g/mol. The van der Waals surface area contributed by atoms with Crippen molar-refractivity contribution < 1.29 is 31.2 Å². The van der Waals surface area contributed by atoms with Crippen LogP contribution in [0.1, 0.15) is 13.8 Å². The lowest BCUT2D eigenvalue weighted by Gasteiger charge is -2.16. The lowest BCUT2D eigenvalue weighted by Crippen LogP contribution is -2.05. The molecule has 0 fully saturated rings. The van der Waals surface area contributed by atoms with Crippen molar-refractivity contribution in [3.8, 4) is 45.3 Å². The first kappa shape index (κ1) is 25.1. The average Bonchev–Trinajstić information content (AvgIpc) is 2.78. The molecule has 0 heterocycles. The fourth-order valence-electron chi connectivity index (χ4n) is 3.30. The van der Waals surface area contributed by atoms with Crippen LogP contribution in [0.4, 0.5) is 4.39 Å². The van der Waals surface area contributed by atoms with Crippen LogP contribution < -0.4 is 18.4 Å². The van der Waals surface area contributed by atoms with E-state index in [0.717, 1.165) is 23.0 Å². The molecule has 0 amide bonds. The SMILES string of the molecule is COc1cc(-c2ccc(OCC=C(C)C)c(F)c2)c(OC)cc1-c1ccc(OS(C)(=O)=O)cc1. The van der Waals surface area contributed by atoms with Gasteiger partial charge in [-0.2, -0.15) is 8.42 Å². The molecule has 8 heteroatoms. The summed E-state index contributed by atoms with van der Waals surface area (Å²) >= 11 is 0. The summed E-state index contributed by atoms with van der Waals surface area (Å²) in [6.07, 6.45) is 2.86. The van der Waals surface area contributed by atoms with Crippen LogP contribution in [0.25, 0.3) is 22.3 Å². The van der Waals surface area contributed by atoms with Gasteiger partial charge in [0.1, 0.15) is 23.9 Å². The Morgan fingerprint density at radius 2 is 1.41 bits per heavy atom. The first-order valence-electron chi connectivity index (χ1n) is 10.4. The first-order valence-corrected chi connectivity index (χ1v) is 12.2. The van der Waals surface area contributed by atoms with Gasteiger partial charge in [0, 0.05) is 11.1 Å². The van der Waals surface area contributed by atoms with Crippen LogP contribution in [0.3, 0.4) is 0 Å². The molecule has 0 aliphatic carbocycles. The highest BCUT2D eigenvalue weighted by Crippen LogP contribution is 2.41. The zero-order chi connectivity index (χ0) is 24.9. The van der Waals surface area contributed by atoms with Crippen LogP contribution >= 0.6 is 0 Å². The molecule has 0 unspecified atom stereocenters. The van der Waals surface area contributed by atoms with E-state index in [1.807, 2.05) is 19.9 Å². The maximum absolute atomic E-state index is 14.7. The van der Waals surface area contributed by atoms with Gasteiger partial charge in [-0.05, 0) is 67.4 Å². The Morgan fingerprint density at radius 1 is 0.853 bits per heavy atom. The third-order valence-electron chi connectivity index (χ3n) is 4.91. The number of hydrogen-bond acceptors (Lipinski definition) is 6. The van der Waals surface area contributed by atoms with Crippen LogP contribution in [-0.4, -0.2) is 35.5 Å². The molecule has 0 aromatic heterocycles. The molecule has 0 saturated heterocycles. The van der Waals surface area contributed by atoms with Gasteiger partial charge in [0.25, 0.3) is 0 Å². The maximum Gasteiger partial charge on any atom is 0.306 e. The molecule has 0 N–H and O–H groups in total. The Bertz CT molecular complexity index is 1290. The van der Waals surface area contributed by atoms with Crippen molar-refractivity contribution in [1.82, 2.24) is 0 Å². The first-order chi connectivity index (χ1) is 16.1.